The van der Waals surface area contributed by atoms with E-state index in [1.807, 2.05) is 24.3 Å². The molecule has 0 aliphatic heterocycles. The Morgan fingerprint density at radius 3 is 2.81 bits per heavy atom. The molecule has 5 nitrogen and oxygen atoms in total. The molecule has 1 aromatic rings. The van der Waals surface area contributed by atoms with E-state index in [1.54, 1.807) is 0 Å². The molecule has 0 unspecified atom stereocenters. The summed E-state index contributed by atoms with van der Waals surface area (Å²) in [4.78, 5) is 12.0. The number of halogens is 1. The predicted molar refractivity (Wildman–Crippen MR) is 85.1 cm³/mol. The van der Waals surface area contributed by atoms with Crippen LogP contribution < -0.4 is 10.5 Å². The number of nitrogens with one attached hydrogen (secondary N) is 1. The van der Waals surface area contributed by atoms with Crippen LogP contribution in [0.4, 0.5) is 0 Å². The molecule has 1 aromatic carbocycles. The Labute approximate surface area is 133 Å². The highest BCUT2D eigenvalue weighted by Gasteiger charge is 2.44. The second-order valence-electron chi connectivity index (χ2n) is 5.78. The van der Waals surface area contributed by atoms with E-state index in [-0.39, 0.29) is 11.9 Å². The molecule has 2 atom stereocenters. The number of nitrogens with two attached hydrogens (primary N) is 1. The zero-order chi connectivity index (χ0) is 15.7. The van der Waals surface area contributed by atoms with Crippen molar-refractivity contribution in [2.75, 3.05) is 6.26 Å². The Kier molecular flexibility index (Phi) is 4.75. The summed E-state index contributed by atoms with van der Waals surface area (Å²) in [5.74, 6) is -0.361. The fourth-order valence-electron chi connectivity index (χ4n) is 3.04. The Bertz CT molecular complexity index is 647. The molecule has 1 amide bonds. The van der Waals surface area contributed by atoms with Crippen LogP contribution in [-0.4, -0.2) is 26.6 Å². The molecular formula is C14H19BrN2O3S. The number of amides is 1. The van der Waals surface area contributed by atoms with E-state index < -0.39 is 15.4 Å². The van der Waals surface area contributed by atoms with Crippen LogP contribution in [0.15, 0.2) is 28.7 Å². The zero-order valence-corrected chi connectivity index (χ0v) is 14.2. The normalized spacial score (nSPS) is 25.9. The van der Waals surface area contributed by atoms with E-state index in [0.29, 0.717) is 25.7 Å². The fraction of sp³-hybridized carbons (Fsp3) is 0.500. The monoisotopic (exact) mass is 374 g/mol. The number of hydrogen-bond acceptors (Lipinski definition) is 3. The summed E-state index contributed by atoms with van der Waals surface area (Å²) in [6, 6.07) is 7.52. The standard InChI is InChI=1S/C14H19BrN2O3S/c1-21(19,20)17-12-5-6-14(9-12,13(16)18)8-10-3-2-4-11(15)7-10/h2-4,7,12,17H,5-6,8-9H2,1H3,(H2,16,18)/t12-,14+/m0/s1. The first-order valence-corrected chi connectivity index (χ1v) is 9.40. The van der Waals surface area contributed by atoms with E-state index in [0.717, 1.165) is 16.3 Å². The Morgan fingerprint density at radius 2 is 2.24 bits per heavy atom. The van der Waals surface area contributed by atoms with Gasteiger partial charge in [-0.1, -0.05) is 28.1 Å². The minimum absolute atomic E-state index is 0.223. The summed E-state index contributed by atoms with van der Waals surface area (Å²) < 4.78 is 26.2. The number of rotatable bonds is 5. The Balaban J connectivity index is 2.18. The molecule has 3 N–H and O–H groups in total. The van der Waals surface area contributed by atoms with E-state index >= 15 is 0 Å². The van der Waals surface area contributed by atoms with Crippen molar-refractivity contribution < 1.29 is 13.2 Å². The molecular weight excluding hydrogens is 356 g/mol. The molecule has 0 saturated heterocycles. The molecule has 0 radical (unpaired) electrons. The lowest BCUT2D eigenvalue weighted by Gasteiger charge is -2.26. The van der Waals surface area contributed by atoms with Gasteiger partial charge >= 0.3 is 0 Å². The van der Waals surface area contributed by atoms with Gasteiger partial charge in [-0.2, -0.15) is 0 Å². The molecule has 0 spiro atoms. The topological polar surface area (TPSA) is 89.3 Å². The molecule has 1 aliphatic carbocycles. The second-order valence-corrected chi connectivity index (χ2v) is 8.48. The van der Waals surface area contributed by atoms with Crippen LogP contribution in [0.1, 0.15) is 24.8 Å². The zero-order valence-electron chi connectivity index (χ0n) is 11.8. The molecule has 0 bridgehead atoms. The quantitative estimate of drug-likeness (QED) is 0.819. The molecule has 1 saturated carbocycles. The van der Waals surface area contributed by atoms with Crippen LogP contribution in [-0.2, 0) is 21.2 Å². The van der Waals surface area contributed by atoms with E-state index in [2.05, 4.69) is 20.7 Å². The van der Waals surface area contributed by atoms with Crippen molar-refractivity contribution in [3.8, 4) is 0 Å². The molecule has 7 heteroatoms. The maximum atomic E-state index is 12.0. The Hall–Kier alpha value is -0.920. The molecule has 1 fully saturated rings. The van der Waals surface area contributed by atoms with Crippen molar-refractivity contribution >= 4 is 31.9 Å². The molecule has 1 aliphatic rings. The van der Waals surface area contributed by atoms with Gasteiger partial charge in [-0.15, -0.1) is 0 Å². The number of carbonyl (C=O) groups excluding carboxylic acids is 1. The van der Waals surface area contributed by atoms with Crippen molar-refractivity contribution in [1.29, 1.82) is 0 Å². The summed E-state index contributed by atoms with van der Waals surface area (Å²) in [5, 5.41) is 0. The number of primary amides is 1. The molecule has 21 heavy (non-hydrogen) atoms. The van der Waals surface area contributed by atoms with Gasteiger partial charge in [0.25, 0.3) is 0 Å². The van der Waals surface area contributed by atoms with Crippen molar-refractivity contribution in [3.05, 3.63) is 34.3 Å². The summed E-state index contributed by atoms with van der Waals surface area (Å²) >= 11 is 3.41. The SMILES string of the molecule is CS(=O)(=O)N[C@H]1CC[C@](Cc2cccc(Br)c2)(C(N)=O)C1. The third-order valence-electron chi connectivity index (χ3n) is 3.94. The second kappa shape index (κ2) is 6.06. The first kappa shape index (κ1) is 16.5. The molecule has 116 valence electrons. The van der Waals surface area contributed by atoms with E-state index in [1.165, 1.54) is 0 Å². The van der Waals surface area contributed by atoms with Crippen LogP contribution in [0.3, 0.4) is 0 Å². The third kappa shape index (κ3) is 4.28. The van der Waals surface area contributed by atoms with Gasteiger partial charge in [-0.3, -0.25) is 4.79 Å². The van der Waals surface area contributed by atoms with Crippen molar-refractivity contribution in [2.45, 2.75) is 31.7 Å². The van der Waals surface area contributed by atoms with Crippen LogP contribution in [0.5, 0.6) is 0 Å². The van der Waals surface area contributed by atoms with Gasteiger partial charge in [0.15, 0.2) is 0 Å². The number of hydrogen-bond donors (Lipinski definition) is 2. The first-order chi connectivity index (χ1) is 9.70. The van der Waals surface area contributed by atoms with Gasteiger partial charge in [0, 0.05) is 10.5 Å². The average Bonchev–Trinajstić information content (AvgIpc) is 2.71. The third-order valence-corrected chi connectivity index (χ3v) is 5.20. The summed E-state index contributed by atoms with van der Waals surface area (Å²) in [7, 11) is -3.27. The van der Waals surface area contributed by atoms with Crippen molar-refractivity contribution in [3.63, 3.8) is 0 Å². The van der Waals surface area contributed by atoms with Gasteiger partial charge in [0.05, 0.1) is 11.7 Å². The van der Waals surface area contributed by atoms with Crippen molar-refractivity contribution in [1.82, 2.24) is 4.72 Å². The summed E-state index contributed by atoms with van der Waals surface area (Å²) in [5.41, 5.74) is 5.96. The summed E-state index contributed by atoms with van der Waals surface area (Å²) in [6.45, 7) is 0. The minimum atomic E-state index is -3.27. The van der Waals surface area contributed by atoms with E-state index in [9.17, 15) is 13.2 Å². The number of sulfonamides is 1. The van der Waals surface area contributed by atoms with Crippen LogP contribution in [0.25, 0.3) is 0 Å². The van der Waals surface area contributed by atoms with E-state index in [4.69, 9.17) is 5.73 Å². The molecule has 2 rings (SSSR count). The van der Waals surface area contributed by atoms with Gasteiger partial charge < -0.3 is 5.73 Å². The first-order valence-electron chi connectivity index (χ1n) is 6.72. The predicted octanol–water partition coefficient (Wildman–Crippen LogP) is 1.56. The lowest BCUT2D eigenvalue weighted by atomic mass is 9.79. The lowest BCUT2D eigenvalue weighted by Crippen LogP contribution is -2.40. The smallest absolute Gasteiger partial charge is 0.224 e. The minimum Gasteiger partial charge on any atom is -0.369 e. The number of benzene rings is 1. The van der Waals surface area contributed by atoms with Crippen molar-refractivity contribution in [2.24, 2.45) is 11.1 Å². The fourth-order valence-corrected chi connectivity index (χ4v) is 4.29. The van der Waals surface area contributed by atoms with Gasteiger partial charge in [0.1, 0.15) is 0 Å². The molecule has 0 aromatic heterocycles. The maximum Gasteiger partial charge on any atom is 0.224 e. The lowest BCUT2D eigenvalue weighted by molar-refractivity contribution is -0.127. The highest BCUT2D eigenvalue weighted by atomic mass is 79.9. The largest absolute Gasteiger partial charge is 0.369 e. The van der Waals surface area contributed by atoms with Crippen LogP contribution >= 0.6 is 15.9 Å². The maximum absolute atomic E-state index is 12.0. The van der Waals surface area contributed by atoms with Gasteiger partial charge in [-0.25, -0.2) is 13.1 Å². The Morgan fingerprint density at radius 1 is 1.52 bits per heavy atom. The van der Waals surface area contributed by atoms with Crippen LogP contribution in [0.2, 0.25) is 0 Å². The summed E-state index contributed by atoms with van der Waals surface area (Å²) in [6.07, 6.45) is 3.34. The average molecular weight is 375 g/mol. The van der Waals surface area contributed by atoms with Gasteiger partial charge in [0.2, 0.25) is 15.9 Å². The van der Waals surface area contributed by atoms with Crippen LogP contribution in [0, 0.1) is 5.41 Å². The number of carbonyl (C=O) groups is 1. The molecule has 0 heterocycles. The highest BCUT2D eigenvalue weighted by Crippen LogP contribution is 2.41. The van der Waals surface area contributed by atoms with Gasteiger partial charge in [-0.05, 0) is 43.4 Å². The highest BCUT2D eigenvalue weighted by molar-refractivity contribution is 9.10.